The minimum atomic E-state index is -0.175. The van der Waals surface area contributed by atoms with Crippen LogP contribution in [-0.4, -0.2) is 18.7 Å². The maximum Gasteiger partial charge on any atom is 0.128 e. The second-order valence-electron chi connectivity index (χ2n) is 4.54. The minimum absolute atomic E-state index is 0.175. The Morgan fingerprint density at radius 2 is 2.18 bits per heavy atom. The molecule has 1 aliphatic rings. The molecule has 1 aliphatic carbocycles. The van der Waals surface area contributed by atoms with Crippen molar-refractivity contribution in [3.05, 3.63) is 35.6 Å². The predicted molar refractivity (Wildman–Crippen MR) is 66.3 cm³/mol. The third-order valence-corrected chi connectivity index (χ3v) is 3.33. The molecule has 0 aliphatic heterocycles. The van der Waals surface area contributed by atoms with Gasteiger partial charge in [0.1, 0.15) is 5.82 Å². The number of ether oxygens (including phenoxy) is 1. The third-order valence-electron chi connectivity index (χ3n) is 3.33. The Bertz CT molecular complexity index is 356. The Kier molecular flexibility index (Phi) is 4.51. The molecule has 2 unspecified atom stereocenters. The number of hydrogen-bond donors (Lipinski definition) is 1. The van der Waals surface area contributed by atoms with Crippen molar-refractivity contribution in [3.8, 4) is 0 Å². The Morgan fingerprint density at radius 1 is 1.35 bits per heavy atom. The van der Waals surface area contributed by atoms with E-state index in [0.717, 1.165) is 19.4 Å². The molecule has 0 saturated heterocycles. The number of likely N-dealkylation sites (N-methyl/N-ethyl adjacent to an activating group) is 1. The molecule has 1 fully saturated rings. The number of benzene rings is 1. The topological polar surface area (TPSA) is 21.3 Å². The monoisotopic (exact) mass is 237 g/mol. The molecule has 0 amide bonds. The van der Waals surface area contributed by atoms with Crippen LogP contribution in [-0.2, 0) is 11.3 Å². The molecule has 1 aromatic carbocycles. The van der Waals surface area contributed by atoms with Crippen molar-refractivity contribution in [2.45, 2.75) is 44.9 Å². The lowest BCUT2D eigenvalue weighted by atomic mass is 10.2. The van der Waals surface area contributed by atoms with Crippen molar-refractivity contribution >= 4 is 0 Å². The quantitative estimate of drug-likeness (QED) is 0.850. The molecule has 0 radical (unpaired) electrons. The van der Waals surface area contributed by atoms with Gasteiger partial charge in [-0.15, -0.1) is 0 Å². The number of rotatable bonds is 5. The van der Waals surface area contributed by atoms with Crippen LogP contribution in [0, 0.1) is 5.82 Å². The van der Waals surface area contributed by atoms with Crippen LogP contribution < -0.4 is 5.32 Å². The van der Waals surface area contributed by atoms with Crippen LogP contribution in [0.3, 0.4) is 0 Å². The Hall–Kier alpha value is -0.930. The predicted octanol–water partition coefficient (Wildman–Crippen LogP) is 2.87. The molecule has 17 heavy (non-hydrogen) atoms. The fraction of sp³-hybridized carbons (Fsp3) is 0.571. The maximum absolute atomic E-state index is 13.4. The van der Waals surface area contributed by atoms with Gasteiger partial charge in [0, 0.05) is 11.6 Å². The number of hydrogen-bond acceptors (Lipinski definition) is 2. The van der Waals surface area contributed by atoms with Gasteiger partial charge in [0.25, 0.3) is 0 Å². The molecule has 0 aromatic heterocycles. The van der Waals surface area contributed by atoms with Gasteiger partial charge in [0.2, 0.25) is 0 Å². The van der Waals surface area contributed by atoms with E-state index >= 15 is 0 Å². The standard InChI is InChI=1S/C14H20FNO/c1-2-16-13-8-5-9-14(13)17-10-11-6-3-4-7-12(11)15/h3-4,6-7,13-14,16H,2,5,8-10H2,1H3. The lowest BCUT2D eigenvalue weighted by Gasteiger charge is -2.21. The molecule has 2 atom stereocenters. The van der Waals surface area contributed by atoms with E-state index in [1.54, 1.807) is 12.1 Å². The minimum Gasteiger partial charge on any atom is -0.372 e. The molecule has 94 valence electrons. The zero-order valence-corrected chi connectivity index (χ0v) is 10.3. The normalized spacial score (nSPS) is 24.1. The van der Waals surface area contributed by atoms with Gasteiger partial charge >= 0.3 is 0 Å². The first kappa shape index (κ1) is 12.5. The highest BCUT2D eigenvalue weighted by Gasteiger charge is 2.27. The van der Waals surface area contributed by atoms with Gasteiger partial charge in [-0.1, -0.05) is 25.1 Å². The van der Waals surface area contributed by atoms with E-state index in [4.69, 9.17) is 4.74 Å². The van der Waals surface area contributed by atoms with Crippen LogP contribution >= 0.6 is 0 Å². The van der Waals surface area contributed by atoms with E-state index in [-0.39, 0.29) is 11.9 Å². The number of nitrogens with one attached hydrogen (secondary N) is 1. The lowest BCUT2D eigenvalue weighted by molar-refractivity contribution is 0.0269. The molecule has 1 saturated carbocycles. The summed E-state index contributed by atoms with van der Waals surface area (Å²) in [6.45, 7) is 3.44. The van der Waals surface area contributed by atoms with E-state index < -0.39 is 0 Å². The Morgan fingerprint density at radius 3 is 2.94 bits per heavy atom. The zero-order chi connectivity index (χ0) is 12.1. The molecular weight excluding hydrogens is 217 g/mol. The highest BCUT2D eigenvalue weighted by Crippen LogP contribution is 2.23. The molecule has 3 heteroatoms. The summed E-state index contributed by atoms with van der Waals surface area (Å²) in [7, 11) is 0. The summed E-state index contributed by atoms with van der Waals surface area (Å²) in [4.78, 5) is 0. The molecule has 0 bridgehead atoms. The SMILES string of the molecule is CCNC1CCCC1OCc1ccccc1F. The molecule has 0 spiro atoms. The smallest absolute Gasteiger partial charge is 0.128 e. The average Bonchev–Trinajstić information content (AvgIpc) is 2.76. The maximum atomic E-state index is 13.4. The first-order valence-corrected chi connectivity index (χ1v) is 6.39. The van der Waals surface area contributed by atoms with Crippen LogP contribution in [0.1, 0.15) is 31.7 Å². The van der Waals surface area contributed by atoms with E-state index in [1.807, 2.05) is 6.07 Å². The third kappa shape index (κ3) is 3.27. The van der Waals surface area contributed by atoms with E-state index in [9.17, 15) is 4.39 Å². The molecule has 1 aromatic rings. The summed E-state index contributed by atoms with van der Waals surface area (Å²) in [5.41, 5.74) is 0.648. The van der Waals surface area contributed by atoms with Gasteiger partial charge in [-0.2, -0.15) is 0 Å². The summed E-state index contributed by atoms with van der Waals surface area (Å²) in [5, 5.41) is 3.43. The zero-order valence-electron chi connectivity index (χ0n) is 10.3. The van der Waals surface area contributed by atoms with Crippen molar-refractivity contribution in [2.75, 3.05) is 6.54 Å². The van der Waals surface area contributed by atoms with E-state index in [0.29, 0.717) is 18.2 Å². The average molecular weight is 237 g/mol. The van der Waals surface area contributed by atoms with Crippen LogP contribution in [0.25, 0.3) is 0 Å². The Balaban J connectivity index is 1.87. The van der Waals surface area contributed by atoms with Gasteiger partial charge in [-0.25, -0.2) is 4.39 Å². The van der Waals surface area contributed by atoms with Gasteiger partial charge in [0.05, 0.1) is 12.7 Å². The van der Waals surface area contributed by atoms with Crippen LogP contribution in [0.15, 0.2) is 24.3 Å². The first-order chi connectivity index (χ1) is 8.31. The fourth-order valence-corrected chi connectivity index (χ4v) is 2.43. The highest BCUT2D eigenvalue weighted by atomic mass is 19.1. The summed E-state index contributed by atoms with van der Waals surface area (Å²) in [6, 6.07) is 7.25. The second kappa shape index (κ2) is 6.12. The van der Waals surface area contributed by atoms with Crippen molar-refractivity contribution in [1.29, 1.82) is 0 Å². The van der Waals surface area contributed by atoms with Crippen LogP contribution in [0.2, 0.25) is 0 Å². The number of halogens is 1. The van der Waals surface area contributed by atoms with E-state index in [2.05, 4.69) is 12.2 Å². The summed E-state index contributed by atoms with van der Waals surface area (Å²) < 4.78 is 19.2. The molecule has 2 nitrogen and oxygen atoms in total. The Labute approximate surface area is 102 Å². The lowest BCUT2D eigenvalue weighted by Crippen LogP contribution is -2.37. The second-order valence-corrected chi connectivity index (χ2v) is 4.54. The molecule has 1 N–H and O–H groups in total. The molecule has 2 rings (SSSR count). The van der Waals surface area contributed by atoms with Crippen molar-refractivity contribution in [1.82, 2.24) is 5.32 Å². The van der Waals surface area contributed by atoms with Crippen molar-refractivity contribution in [3.63, 3.8) is 0 Å². The first-order valence-electron chi connectivity index (χ1n) is 6.39. The van der Waals surface area contributed by atoms with Crippen molar-refractivity contribution in [2.24, 2.45) is 0 Å². The van der Waals surface area contributed by atoms with E-state index in [1.165, 1.54) is 12.5 Å². The van der Waals surface area contributed by atoms with Crippen LogP contribution in [0.4, 0.5) is 4.39 Å². The molecular formula is C14H20FNO. The van der Waals surface area contributed by atoms with Gasteiger partial charge in [-0.3, -0.25) is 0 Å². The van der Waals surface area contributed by atoms with Crippen LogP contribution in [0.5, 0.6) is 0 Å². The summed E-state index contributed by atoms with van der Waals surface area (Å²) >= 11 is 0. The van der Waals surface area contributed by atoms with Crippen molar-refractivity contribution < 1.29 is 9.13 Å². The molecule has 0 heterocycles. The fourth-order valence-electron chi connectivity index (χ4n) is 2.43. The largest absolute Gasteiger partial charge is 0.372 e. The van der Waals surface area contributed by atoms with Gasteiger partial charge in [-0.05, 0) is 31.9 Å². The summed E-state index contributed by atoms with van der Waals surface area (Å²) in [5.74, 6) is -0.175. The van der Waals surface area contributed by atoms with Gasteiger partial charge < -0.3 is 10.1 Å². The highest BCUT2D eigenvalue weighted by molar-refractivity contribution is 5.16. The van der Waals surface area contributed by atoms with Gasteiger partial charge in [0.15, 0.2) is 0 Å². The summed E-state index contributed by atoms with van der Waals surface area (Å²) in [6.07, 6.45) is 3.66.